The van der Waals surface area contributed by atoms with Crippen LogP contribution in [0.2, 0.25) is 0 Å². The molecule has 0 saturated heterocycles. The molecule has 2 rings (SSSR count). The molecular formula is C14H12NO5S2-. The SMILES string of the molecule is COC(=O)c1sc(-c2cccs2)cc1NC(=O)CCC(=O)[O-]. The molecule has 1 N–H and O–H groups in total. The first-order valence-electron chi connectivity index (χ1n) is 6.27. The number of amides is 1. The minimum absolute atomic E-state index is 0.215. The Morgan fingerprint density at radius 2 is 2.05 bits per heavy atom. The summed E-state index contributed by atoms with van der Waals surface area (Å²) in [5.74, 6) is -2.35. The van der Waals surface area contributed by atoms with Crippen molar-refractivity contribution in [3.63, 3.8) is 0 Å². The summed E-state index contributed by atoms with van der Waals surface area (Å²) in [4.78, 5) is 36.0. The predicted octanol–water partition coefficient (Wildman–Crippen LogP) is 1.73. The van der Waals surface area contributed by atoms with Crippen molar-refractivity contribution < 1.29 is 24.2 Å². The normalized spacial score (nSPS) is 10.2. The Morgan fingerprint density at radius 1 is 1.27 bits per heavy atom. The van der Waals surface area contributed by atoms with E-state index in [2.05, 4.69) is 5.32 Å². The molecule has 2 aromatic rings. The van der Waals surface area contributed by atoms with E-state index in [-0.39, 0.29) is 17.7 Å². The first-order valence-corrected chi connectivity index (χ1v) is 7.96. The maximum Gasteiger partial charge on any atom is 0.350 e. The van der Waals surface area contributed by atoms with E-state index in [9.17, 15) is 19.5 Å². The topological polar surface area (TPSA) is 95.5 Å². The molecule has 0 bridgehead atoms. The largest absolute Gasteiger partial charge is 0.550 e. The number of rotatable bonds is 6. The molecule has 0 atom stereocenters. The molecule has 0 aliphatic rings. The van der Waals surface area contributed by atoms with Gasteiger partial charge < -0.3 is 20.0 Å². The Kier molecular flexibility index (Phi) is 5.29. The Morgan fingerprint density at radius 3 is 2.64 bits per heavy atom. The van der Waals surface area contributed by atoms with Gasteiger partial charge in [-0.05, 0) is 23.9 Å². The minimum atomic E-state index is -1.30. The molecule has 1 amide bonds. The van der Waals surface area contributed by atoms with Gasteiger partial charge in [-0.1, -0.05) is 6.07 Å². The molecule has 0 unspecified atom stereocenters. The Hall–Kier alpha value is -2.19. The summed E-state index contributed by atoms with van der Waals surface area (Å²) in [6.45, 7) is 0. The van der Waals surface area contributed by atoms with E-state index in [0.717, 1.165) is 9.75 Å². The maximum absolute atomic E-state index is 11.8. The Labute approximate surface area is 134 Å². The number of ether oxygens (including phenoxy) is 1. The third-order valence-electron chi connectivity index (χ3n) is 2.70. The highest BCUT2D eigenvalue weighted by molar-refractivity contribution is 7.22. The van der Waals surface area contributed by atoms with Gasteiger partial charge in [0, 0.05) is 22.1 Å². The molecule has 0 fully saturated rings. The number of hydrogen-bond donors (Lipinski definition) is 1. The lowest BCUT2D eigenvalue weighted by Crippen LogP contribution is -2.24. The first kappa shape index (κ1) is 16.2. The van der Waals surface area contributed by atoms with Crippen LogP contribution < -0.4 is 10.4 Å². The van der Waals surface area contributed by atoms with Crippen LogP contribution in [0.3, 0.4) is 0 Å². The summed E-state index contributed by atoms with van der Waals surface area (Å²) < 4.78 is 4.71. The average molecular weight is 338 g/mol. The maximum atomic E-state index is 11.8. The van der Waals surface area contributed by atoms with Crippen LogP contribution >= 0.6 is 22.7 Å². The fraction of sp³-hybridized carbons (Fsp3) is 0.214. The summed E-state index contributed by atoms with van der Waals surface area (Å²) in [7, 11) is 1.26. The van der Waals surface area contributed by atoms with E-state index in [1.165, 1.54) is 29.8 Å². The van der Waals surface area contributed by atoms with E-state index >= 15 is 0 Å². The smallest absolute Gasteiger partial charge is 0.350 e. The number of hydrogen-bond acceptors (Lipinski definition) is 7. The fourth-order valence-corrected chi connectivity index (χ4v) is 3.55. The number of anilines is 1. The third kappa shape index (κ3) is 3.92. The summed E-state index contributed by atoms with van der Waals surface area (Å²) in [5.41, 5.74) is 0.323. The van der Waals surface area contributed by atoms with Crippen molar-refractivity contribution in [1.29, 1.82) is 0 Å². The monoisotopic (exact) mass is 338 g/mol. The van der Waals surface area contributed by atoms with Crippen molar-refractivity contribution in [2.24, 2.45) is 0 Å². The van der Waals surface area contributed by atoms with Crippen LogP contribution in [0.5, 0.6) is 0 Å². The lowest BCUT2D eigenvalue weighted by Gasteiger charge is -2.05. The number of carbonyl (C=O) groups is 3. The summed E-state index contributed by atoms with van der Waals surface area (Å²) >= 11 is 2.72. The number of carboxylic acids is 1. The lowest BCUT2D eigenvalue weighted by molar-refractivity contribution is -0.305. The zero-order valence-electron chi connectivity index (χ0n) is 11.6. The zero-order chi connectivity index (χ0) is 16.1. The van der Waals surface area contributed by atoms with Crippen LogP contribution in [0.1, 0.15) is 22.5 Å². The number of methoxy groups -OCH3 is 1. The van der Waals surface area contributed by atoms with Gasteiger partial charge in [0.2, 0.25) is 5.91 Å². The van der Waals surface area contributed by atoms with Gasteiger partial charge in [-0.15, -0.1) is 22.7 Å². The fourth-order valence-electron chi connectivity index (χ4n) is 1.70. The molecule has 0 radical (unpaired) electrons. The summed E-state index contributed by atoms with van der Waals surface area (Å²) in [6, 6.07) is 5.47. The minimum Gasteiger partial charge on any atom is -0.550 e. The van der Waals surface area contributed by atoms with Crippen LogP contribution in [0, 0.1) is 0 Å². The predicted molar refractivity (Wildman–Crippen MR) is 81.8 cm³/mol. The molecular weight excluding hydrogens is 326 g/mol. The highest BCUT2D eigenvalue weighted by atomic mass is 32.1. The molecule has 0 aromatic carbocycles. The molecule has 8 heteroatoms. The number of aliphatic carboxylic acids is 1. The van der Waals surface area contributed by atoms with Gasteiger partial charge in [-0.2, -0.15) is 0 Å². The van der Waals surface area contributed by atoms with Crippen molar-refractivity contribution in [2.75, 3.05) is 12.4 Å². The number of nitrogens with one attached hydrogen (secondary N) is 1. The molecule has 0 spiro atoms. The molecule has 2 aromatic heterocycles. The van der Waals surface area contributed by atoms with Crippen LogP contribution in [0.15, 0.2) is 23.6 Å². The van der Waals surface area contributed by atoms with Gasteiger partial charge in [-0.25, -0.2) is 4.79 Å². The molecule has 116 valence electrons. The highest BCUT2D eigenvalue weighted by Crippen LogP contribution is 2.37. The summed E-state index contributed by atoms with van der Waals surface area (Å²) in [5, 5.41) is 14.8. The highest BCUT2D eigenvalue weighted by Gasteiger charge is 2.19. The van der Waals surface area contributed by atoms with E-state index < -0.39 is 17.8 Å². The number of carboxylic acid groups (broad SMARTS) is 1. The quantitative estimate of drug-likeness (QED) is 0.809. The zero-order valence-corrected chi connectivity index (χ0v) is 13.2. The molecule has 0 aliphatic carbocycles. The van der Waals surface area contributed by atoms with Crippen LogP contribution in [-0.2, 0) is 14.3 Å². The molecule has 2 heterocycles. The standard InChI is InChI=1S/C14H13NO5S2/c1-20-14(19)13-8(15-11(16)4-5-12(17)18)7-10(22-13)9-3-2-6-21-9/h2-3,6-7H,4-5H2,1H3,(H,15,16)(H,17,18)/p-1. The number of thiophene rings is 2. The van der Waals surface area contributed by atoms with Gasteiger partial charge in [-0.3, -0.25) is 4.79 Å². The van der Waals surface area contributed by atoms with Gasteiger partial charge in [0.25, 0.3) is 0 Å². The Bertz CT molecular complexity index is 690. The molecule has 0 saturated carbocycles. The lowest BCUT2D eigenvalue weighted by atomic mass is 10.2. The van der Waals surface area contributed by atoms with Crippen LogP contribution in [0.4, 0.5) is 5.69 Å². The van der Waals surface area contributed by atoms with Gasteiger partial charge in [0.05, 0.1) is 12.8 Å². The van der Waals surface area contributed by atoms with E-state index in [1.54, 1.807) is 6.07 Å². The second-order valence-corrected chi connectivity index (χ2v) is 6.24. The molecule has 0 aliphatic heterocycles. The van der Waals surface area contributed by atoms with Crippen molar-refractivity contribution in [3.8, 4) is 9.75 Å². The molecule has 6 nitrogen and oxygen atoms in total. The average Bonchev–Trinajstić information content (AvgIpc) is 3.13. The second kappa shape index (κ2) is 7.19. The van der Waals surface area contributed by atoms with Gasteiger partial charge >= 0.3 is 5.97 Å². The summed E-state index contributed by atoms with van der Waals surface area (Å²) in [6.07, 6.45) is -0.589. The first-order chi connectivity index (χ1) is 10.5. The van der Waals surface area contributed by atoms with Crippen molar-refractivity contribution >= 4 is 46.2 Å². The van der Waals surface area contributed by atoms with Crippen molar-refractivity contribution in [2.45, 2.75) is 12.8 Å². The Balaban J connectivity index is 2.23. The second-order valence-electron chi connectivity index (χ2n) is 4.24. The van der Waals surface area contributed by atoms with Crippen LogP contribution in [-0.4, -0.2) is 25.0 Å². The van der Waals surface area contributed by atoms with E-state index in [0.29, 0.717) is 5.69 Å². The van der Waals surface area contributed by atoms with Gasteiger partial charge in [0.15, 0.2) is 0 Å². The van der Waals surface area contributed by atoms with Gasteiger partial charge in [0.1, 0.15) is 4.88 Å². The van der Waals surface area contributed by atoms with Crippen molar-refractivity contribution in [3.05, 3.63) is 28.5 Å². The van der Waals surface area contributed by atoms with Crippen molar-refractivity contribution in [1.82, 2.24) is 0 Å². The van der Waals surface area contributed by atoms with E-state index in [4.69, 9.17) is 4.74 Å². The van der Waals surface area contributed by atoms with E-state index in [1.807, 2.05) is 17.5 Å². The molecule has 22 heavy (non-hydrogen) atoms. The number of esters is 1. The number of carbonyl (C=O) groups excluding carboxylic acids is 3. The third-order valence-corrected chi connectivity index (χ3v) is 4.88. The van der Waals surface area contributed by atoms with Crippen LogP contribution in [0.25, 0.3) is 9.75 Å².